The van der Waals surface area contributed by atoms with Crippen LogP contribution in [0, 0.1) is 0 Å². The van der Waals surface area contributed by atoms with Gasteiger partial charge in [0, 0.05) is 15.6 Å². The Kier molecular flexibility index (Phi) is 7.30. The van der Waals surface area contributed by atoms with E-state index in [2.05, 4.69) is 0 Å². The number of nitrogens with two attached hydrogens (primary N) is 1. The van der Waals surface area contributed by atoms with Gasteiger partial charge in [-0.15, -0.1) is 0 Å². The molecule has 2 aromatic carbocycles. The number of hydrogen-bond donors (Lipinski definition) is 1. The van der Waals surface area contributed by atoms with E-state index in [0.717, 1.165) is 0 Å². The van der Waals surface area contributed by atoms with E-state index in [4.69, 9.17) is 33.7 Å². The van der Waals surface area contributed by atoms with Crippen molar-refractivity contribution in [3.63, 3.8) is 0 Å². The van der Waals surface area contributed by atoms with Crippen LogP contribution in [0.4, 0.5) is 0 Å². The molecule has 20 heavy (non-hydrogen) atoms. The maximum atomic E-state index is 12.0. The van der Waals surface area contributed by atoms with Gasteiger partial charge in [-0.05, 0) is 24.3 Å². The van der Waals surface area contributed by atoms with Crippen LogP contribution in [0.3, 0.4) is 0 Å². The molecule has 0 spiro atoms. The van der Waals surface area contributed by atoms with E-state index < -0.39 is 12.0 Å². The normalized spacial score (nSPS) is 11.3. The molecule has 0 aliphatic carbocycles. The summed E-state index contributed by atoms with van der Waals surface area (Å²) in [6.45, 7) is 0. The van der Waals surface area contributed by atoms with Crippen molar-refractivity contribution >= 4 is 66.9 Å². The second-order valence-electron chi connectivity index (χ2n) is 3.85. The molecule has 3 nitrogen and oxygen atoms in total. The number of ether oxygens (including phenoxy) is 1. The summed E-state index contributed by atoms with van der Waals surface area (Å²) in [5.41, 5.74) is 6.21. The molecule has 0 aromatic heterocycles. The first-order valence-corrected chi connectivity index (χ1v) is 6.31. The van der Waals surface area contributed by atoms with Crippen molar-refractivity contribution in [3.8, 4) is 5.75 Å². The Balaban J connectivity index is 0.00000200. The van der Waals surface area contributed by atoms with Gasteiger partial charge in [0.15, 0.2) is 0 Å². The van der Waals surface area contributed by atoms with E-state index in [-0.39, 0.29) is 37.7 Å². The van der Waals surface area contributed by atoms with Gasteiger partial charge in [0.05, 0.1) is 0 Å². The first-order chi connectivity index (χ1) is 9.09. The fraction of sp³-hybridized carbons (Fsp3) is 0.0714. The Hall–Kier alpha value is -0.290. The Morgan fingerprint density at radius 3 is 2.10 bits per heavy atom. The summed E-state index contributed by atoms with van der Waals surface area (Å²) >= 11 is 12.0. The molecule has 0 heterocycles. The monoisotopic (exact) mass is 337 g/mol. The van der Waals surface area contributed by atoms with Crippen LogP contribution >= 0.6 is 23.2 Å². The van der Waals surface area contributed by atoms with Crippen LogP contribution in [-0.4, -0.2) is 43.7 Å². The summed E-state index contributed by atoms with van der Waals surface area (Å²) in [5.74, 6) is -0.188. The molecule has 0 saturated carbocycles. The standard InChI is InChI=1S/C14H11Cl2NO2.Ca.2H/c15-10-7-4-8-11(16)12(10)13(17)14(18)19-9-5-2-1-3-6-9;;;/h1-8,13H,17H2;;;. The van der Waals surface area contributed by atoms with Crippen LogP contribution in [0.25, 0.3) is 0 Å². The molecule has 2 N–H and O–H groups in total. The number of esters is 1. The molecule has 2 aromatic rings. The van der Waals surface area contributed by atoms with E-state index >= 15 is 0 Å². The molecule has 1 atom stereocenters. The van der Waals surface area contributed by atoms with Crippen LogP contribution < -0.4 is 10.5 Å². The molecule has 0 bridgehead atoms. The van der Waals surface area contributed by atoms with Crippen molar-refractivity contribution in [3.05, 3.63) is 64.1 Å². The second-order valence-corrected chi connectivity index (χ2v) is 4.66. The Morgan fingerprint density at radius 1 is 1.00 bits per heavy atom. The van der Waals surface area contributed by atoms with Crippen molar-refractivity contribution in [2.24, 2.45) is 5.73 Å². The minimum atomic E-state index is -1.03. The fourth-order valence-electron chi connectivity index (χ4n) is 1.59. The Labute approximate surface area is 157 Å². The van der Waals surface area contributed by atoms with Gasteiger partial charge in [0.1, 0.15) is 11.8 Å². The van der Waals surface area contributed by atoms with E-state index in [1.165, 1.54) is 0 Å². The van der Waals surface area contributed by atoms with Crippen LogP contribution in [0.15, 0.2) is 48.5 Å². The summed E-state index contributed by atoms with van der Waals surface area (Å²) < 4.78 is 5.16. The second kappa shape index (κ2) is 8.23. The number of rotatable bonds is 3. The molecular formula is C14H13CaCl2NO2. The fourth-order valence-corrected chi connectivity index (χ4v) is 2.23. The third kappa shape index (κ3) is 4.35. The average Bonchev–Trinajstić information content (AvgIpc) is 2.39. The van der Waals surface area contributed by atoms with Gasteiger partial charge in [-0.3, -0.25) is 0 Å². The van der Waals surface area contributed by atoms with E-state index in [9.17, 15) is 4.79 Å². The number of halogens is 2. The third-order valence-electron chi connectivity index (χ3n) is 2.53. The molecule has 2 rings (SSSR count). The minimum absolute atomic E-state index is 0. The van der Waals surface area contributed by atoms with Crippen molar-refractivity contribution in [2.45, 2.75) is 6.04 Å². The van der Waals surface area contributed by atoms with Crippen molar-refractivity contribution in [2.75, 3.05) is 0 Å². The summed E-state index contributed by atoms with van der Waals surface area (Å²) in [6.07, 6.45) is 0. The molecule has 0 amide bonds. The van der Waals surface area contributed by atoms with Gasteiger partial charge in [-0.1, -0.05) is 47.5 Å². The van der Waals surface area contributed by atoms with E-state index in [1.807, 2.05) is 6.07 Å². The zero-order chi connectivity index (χ0) is 13.8. The van der Waals surface area contributed by atoms with Gasteiger partial charge in [-0.2, -0.15) is 0 Å². The molecule has 6 heteroatoms. The van der Waals surface area contributed by atoms with Gasteiger partial charge < -0.3 is 10.5 Å². The summed E-state index contributed by atoms with van der Waals surface area (Å²) in [7, 11) is 0. The van der Waals surface area contributed by atoms with Gasteiger partial charge in [0.25, 0.3) is 0 Å². The predicted octanol–water partition coefficient (Wildman–Crippen LogP) is 2.68. The molecular weight excluding hydrogens is 325 g/mol. The topological polar surface area (TPSA) is 52.3 Å². The SMILES string of the molecule is NC(C(=O)Oc1ccccc1)c1c(Cl)cccc1Cl.[CaH2]. The van der Waals surface area contributed by atoms with Gasteiger partial charge >= 0.3 is 43.7 Å². The summed E-state index contributed by atoms with van der Waals surface area (Å²) in [6, 6.07) is 12.6. The number of carbonyl (C=O) groups is 1. The van der Waals surface area contributed by atoms with Crippen molar-refractivity contribution in [1.82, 2.24) is 0 Å². The quantitative estimate of drug-likeness (QED) is 0.532. The molecule has 0 saturated heterocycles. The number of hydrogen-bond acceptors (Lipinski definition) is 3. The molecule has 102 valence electrons. The molecule has 0 fully saturated rings. The first kappa shape index (κ1) is 17.8. The number of benzene rings is 2. The molecule has 1 unspecified atom stereocenters. The van der Waals surface area contributed by atoms with Crippen molar-refractivity contribution < 1.29 is 9.53 Å². The first-order valence-electron chi connectivity index (χ1n) is 5.56. The summed E-state index contributed by atoms with van der Waals surface area (Å²) in [5, 5.41) is 0.676. The third-order valence-corrected chi connectivity index (χ3v) is 3.19. The van der Waals surface area contributed by atoms with E-state index in [0.29, 0.717) is 21.4 Å². The van der Waals surface area contributed by atoms with Gasteiger partial charge in [0.2, 0.25) is 0 Å². The predicted molar refractivity (Wildman–Crippen MR) is 84.0 cm³/mol. The molecule has 0 aliphatic heterocycles. The van der Waals surface area contributed by atoms with Crippen LogP contribution in [0.5, 0.6) is 5.75 Å². The molecule has 0 radical (unpaired) electrons. The number of para-hydroxylation sites is 1. The van der Waals surface area contributed by atoms with Crippen molar-refractivity contribution in [1.29, 1.82) is 0 Å². The summed E-state index contributed by atoms with van der Waals surface area (Å²) in [4.78, 5) is 12.0. The van der Waals surface area contributed by atoms with Crippen LogP contribution in [0.2, 0.25) is 10.0 Å². The van der Waals surface area contributed by atoms with Crippen LogP contribution in [-0.2, 0) is 4.79 Å². The van der Waals surface area contributed by atoms with Crippen LogP contribution in [0.1, 0.15) is 11.6 Å². The van der Waals surface area contributed by atoms with E-state index in [1.54, 1.807) is 42.5 Å². The Bertz CT molecular complexity index is 573. The number of carbonyl (C=O) groups excluding carboxylic acids is 1. The maximum absolute atomic E-state index is 12.0. The zero-order valence-corrected chi connectivity index (χ0v) is 11.4. The zero-order valence-electron chi connectivity index (χ0n) is 9.85. The Morgan fingerprint density at radius 2 is 1.55 bits per heavy atom. The van der Waals surface area contributed by atoms with Gasteiger partial charge in [-0.25, -0.2) is 4.79 Å². The average molecular weight is 338 g/mol. The molecule has 0 aliphatic rings.